The van der Waals surface area contributed by atoms with Gasteiger partial charge in [-0.2, -0.15) is 0 Å². The predicted molar refractivity (Wildman–Crippen MR) is 65.5 cm³/mol. The van der Waals surface area contributed by atoms with Crippen molar-refractivity contribution in [1.82, 2.24) is 0 Å². The highest BCUT2D eigenvalue weighted by atomic mass is 35.5. The van der Waals surface area contributed by atoms with E-state index in [2.05, 4.69) is 5.32 Å². The second-order valence-electron chi connectivity index (χ2n) is 4.26. The molecule has 0 heterocycles. The van der Waals surface area contributed by atoms with Gasteiger partial charge in [-0.05, 0) is 30.5 Å². The van der Waals surface area contributed by atoms with Gasteiger partial charge in [0.1, 0.15) is 5.82 Å². The molecule has 2 N–H and O–H groups in total. The van der Waals surface area contributed by atoms with E-state index in [1.165, 1.54) is 6.07 Å². The van der Waals surface area contributed by atoms with Crippen LogP contribution in [0.3, 0.4) is 0 Å². The summed E-state index contributed by atoms with van der Waals surface area (Å²) in [6, 6.07) is 2.82. The van der Waals surface area contributed by atoms with Gasteiger partial charge in [0.05, 0.1) is 23.4 Å². The number of anilines is 1. The smallest absolute Gasteiger partial charge is 0.128 e. The Labute approximate surface area is 100 Å². The van der Waals surface area contributed by atoms with Crippen LogP contribution < -0.4 is 5.32 Å². The topological polar surface area (TPSA) is 32.3 Å². The number of aliphatic hydroxyl groups is 1. The quantitative estimate of drug-likeness (QED) is 0.854. The molecule has 0 radical (unpaired) electrons. The molecule has 0 fully saturated rings. The maximum Gasteiger partial charge on any atom is 0.128 e. The van der Waals surface area contributed by atoms with E-state index >= 15 is 0 Å². The maximum absolute atomic E-state index is 13.4. The van der Waals surface area contributed by atoms with Crippen molar-refractivity contribution in [3.63, 3.8) is 0 Å². The molecule has 0 aliphatic rings. The van der Waals surface area contributed by atoms with E-state index in [-0.39, 0.29) is 24.4 Å². The summed E-state index contributed by atoms with van der Waals surface area (Å²) < 4.78 is 13.4. The summed E-state index contributed by atoms with van der Waals surface area (Å²) in [6.07, 6.45) is 0. The van der Waals surface area contributed by atoms with E-state index in [0.717, 1.165) is 0 Å². The minimum absolute atomic E-state index is 0.0104. The molecule has 1 atom stereocenters. The third kappa shape index (κ3) is 3.09. The van der Waals surface area contributed by atoms with Crippen molar-refractivity contribution in [1.29, 1.82) is 0 Å². The first kappa shape index (κ1) is 13.3. The molecule has 4 heteroatoms. The number of hydrogen-bond acceptors (Lipinski definition) is 2. The fraction of sp³-hybridized carbons (Fsp3) is 0.500. The van der Waals surface area contributed by atoms with Gasteiger partial charge in [-0.25, -0.2) is 4.39 Å². The Balaban J connectivity index is 2.92. The van der Waals surface area contributed by atoms with Gasteiger partial charge in [0.15, 0.2) is 0 Å². The van der Waals surface area contributed by atoms with E-state index in [1.54, 1.807) is 13.0 Å². The van der Waals surface area contributed by atoms with Crippen molar-refractivity contribution in [3.8, 4) is 0 Å². The number of nitrogens with one attached hydrogen (secondary N) is 1. The van der Waals surface area contributed by atoms with Crippen molar-refractivity contribution < 1.29 is 9.50 Å². The fourth-order valence-corrected chi connectivity index (χ4v) is 1.65. The summed E-state index contributed by atoms with van der Waals surface area (Å²) in [4.78, 5) is 0. The minimum Gasteiger partial charge on any atom is -0.394 e. The number of benzene rings is 1. The molecule has 0 aliphatic heterocycles. The van der Waals surface area contributed by atoms with Crippen LogP contribution in [0.15, 0.2) is 12.1 Å². The zero-order valence-electron chi connectivity index (χ0n) is 9.72. The lowest BCUT2D eigenvalue weighted by Crippen LogP contribution is -2.29. The molecule has 0 bridgehead atoms. The fourth-order valence-electron chi connectivity index (χ4n) is 1.38. The lowest BCUT2D eigenvalue weighted by Gasteiger charge is -2.22. The van der Waals surface area contributed by atoms with Gasteiger partial charge in [0.25, 0.3) is 0 Å². The molecule has 1 aromatic carbocycles. The van der Waals surface area contributed by atoms with Gasteiger partial charge in [0.2, 0.25) is 0 Å². The number of aliphatic hydroxyl groups excluding tert-OH is 1. The Kier molecular flexibility index (Phi) is 4.56. The molecule has 0 spiro atoms. The summed E-state index contributed by atoms with van der Waals surface area (Å²) in [5.41, 5.74) is 1.04. The van der Waals surface area contributed by atoms with Crippen molar-refractivity contribution in [2.75, 3.05) is 11.9 Å². The number of rotatable bonds is 4. The highest BCUT2D eigenvalue weighted by molar-refractivity contribution is 6.33. The van der Waals surface area contributed by atoms with Crippen LogP contribution in [0, 0.1) is 18.7 Å². The van der Waals surface area contributed by atoms with Gasteiger partial charge in [-0.3, -0.25) is 0 Å². The Morgan fingerprint density at radius 1 is 1.44 bits per heavy atom. The molecule has 0 saturated carbocycles. The molecular formula is C12H17ClFNO. The van der Waals surface area contributed by atoms with Crippen LogP contribution in [0.5, 0.6) is 0 Å². The lowest BCUT2D eigenvalue weighted by molar-refractivity contribution is 0.249. The second-order valence-corrected chi connectivity index (χ2v) is 4.67. The molecule has 0 amide bonds. The molecule has 16 heavy (non-hydrogen) atoms. The van der Waals surface area contributed by atoms with E-state index in [9.17, 15) is 9.50 Å². The first-order valence-electron chi connectivity index (χ1n) is 5.28. The largest absolute Gasteiger partial charge is 0.394 e. The van der Waals surface area contributed by atoms with E-state index in [0.29, 0.717) is 16.3 Å². The molecule has 0 saturated heterocycles. The molecular weight excluding hydrogens is 229 g/mol. The van der Waals surface area contributed by atoms with Gasteiger partial charge in [-0.1, -0.05) is 25.4 Å². The number of halogens is 2. The third-order valence-electron chi connectivity index (χ3n) is 2.59. The van der Waals surface area contributed by atoms with Gasteiger partial charge >= 0.3 is 0 Å². The summed E-state index contributed by atoms with van der Waals surface area (Å²) in [7, 11) is 0. The number of aryl methyl sites for hydroxylation is 1. The molecule has 1 unspecified atom stereocenters. The Morgan fingerprint density at radius 2 is 2.06 bits per heavy atom. The van der Waals surface area contributed by atoms with Crippen molar-refractivity contribution >= 4 is 17.3 Å². The van der Waals surface area contributed by atoms with Gasteiger partial charge < -0.3 is 10.4 Å². The Bertz CT molecular complexity index is 368. The number of hydrogen-bond donors (Lipinski definition) is 2. The van der Waals surface area contributed by atoms with E-state index < -0.39 is 0 Å². The van der Waals surface area contributed by atoms with Gasteiger partial charge in [0, 0.05) is 0 Å². The molecule has 1 rings (SSSR count). The van der Waals surface area contributed by atoms with Crippen LogP contribution in [0.4, 0.5) is 10.1 Å². The molecule has 0 aromatic heterocycles. The van der Waals surface area contributed by atoms with Crippen LogP contribution in [-0.4, -0.2) is 17.8 Å². The maximum atomic E-state index is 13.4. The Morgan fingerprint density at radius 3 is 2.56 bits per heavy atom. The van der Waals surface area contributed by atoms with E-state index in [4.69, 9.17) is 11.6 Å². The SMILES string of the molecule is Cc1cc(Cl)c(NC(CO)C(C)C)cc1F. The summed E-state index contributed by atoms with van der Waals surface area (Å²) in [6.45, 7) is 5.61. The summed E-state index contributed by atoms with van der Waals surface area (Å²) >= 11 is 6.00. The van der Waals surface area contributed by atoms with Crippen molar-refractivity contribution in [2.45, 2.75) is 26.8 Å². The van der Waals surface area contributed by atoms with Gasteiger partial charge in [-0.15, -0.1) is 0 Å². The van der Waals surface area contributed by atoms with Crippen LogP contribution in [0.2, 0.25) is 5.02 Å². The minimum atomic E-state index is -0.299. The third-order valence-corrected chi connectivity index (χ3v) is 2.90. The molecule has 90 valence electrons. The predicted octanol–water partition coefficient (Wildman–Crippen LogP) is 3.22. The van der Waals surface area contributed by atoms with Crippen molar-refractivity contribution in [2.24, 2.45) is 5.92 Å². The van der Waals surface area contributed by atoms with Crippen LogP contribution in [-0.2, 0) is 0 Å². The second kappa shape index (κ2) is 5.51. The highest BCUT2D eigenvalue weighted by Gasteiger charge is 2.14. The average molecular weight is 246 g/mol. The monoisotopic (exact) mass is 245 g/mol. The molecule has 2 nitrogen and oxygen atoms in total. The van der Waals surface area contributed by atoms with Crippen LogP contribution >= 0.6 is 11.6 Å². The highest BCUT2D eigenvalue weighted by Crippen LogP contribution is 2.26. The summed E-state index contributed by atoms with van der Waals surface area (Å²) in [5, 5.41) is 12.7. The zero-order chi connectivity index (χ0) is 12.3. The first-order valence-corrected chi connectivity index (χ1v) is 5.66. The van der Waals surface area contributed by atoms with Crippen LogP contribution in [0.1, 0.15) is 19.4 Å². The lowest BCUT2D eigenvalue weighted by atomic mass is 10.0. The normalized spacial score (nSPS) is 12.9. The molecule has 1 aromatic rings. The van der Waals surface area contributed by atoms with Crippen molar-refractivity contribution in [3.05, 3.63) is 28.5 Å². The Hall–Kier alpha value is -0.800. The van der Waals surface area contributed by atoms with Crippen LogP contribution in [0.25, 0.3) is 0 Å². The average Bonchev–Trinajstić information content (AvgIpc) is 2.21. The standard InChI is InChI=1S/C12H17ClFNO/c1-7(2)12(6-16)15-11-5-10(14)8(3)4-9(11)13/h4-5,7,12,15-16H,6H2,1-3H3. The van der Waals surface area contributed by atoms with E-state index in [1.807, 2.05) is 13.8 Å². The summed E-state index contributed by atoms with van der Waals surface area (Å²) in [5.74, 6) is -0.0576. The first-order chi connectivity index (χ1) is 7.45. The zero-order valence-corrected chi connectivity index (χ0v) is 10.5. The molecule has 0 aliphatic carbocycles.